The molecule has 2 aromatic heterocycles. The van der Waals surface area contributed by atoms with Gasteiger partial charge in [0.15, 0.2) is 5.82 Å². The zero-order valence-electron chi connectivity index (χ0n) is 16.0. The molecule has 3 aromatic rings. The highest BCUT2D eigenvalue weighted by molar-refractivity contribution is 5.78. The van der Waals surface area contributed by atoms with E-state index in [9.17, 15) is 9.59 Å². The van der Waals surface area contributed by atoms with Crippen molar-refractivity contribution in [2.45, 2.75) is 51.6 Å². The van der Waals surface area contributed by atoms with Gasteiger partial charge in [0.1, 0.15) is 0 Å². The number of likely N-dealkylation sites (tertiary alicyclic amines) is 1. The summed E-state index contributed by atoms with van der Waals surface area (Å²) in [5.74, 6) is 1.29. The van der Waals surface area contributed by atoms with Crippen LogP contribution in [0.4, 0.5) is 0 Å². The van der Waals surface area contributed by atoms with Gasteiger partial charge in [0.05, 0.1) is 23.3 Å². The van der Waals surface area contributed by atoms with E-state index in [1.807, 2.05) is 26.0 Å². The molecule has 0 spiro atoms. The lowest BCUT2D eigenvalue weighted by molar-refractivity contribution is -0.132. The third kappa shape index (κ3) is 3.42. The third-order valence-corrected chi connectivity index (χ3v) is 5.12. The fraction of sp³-hybridized carbons (Fsp3) is 0.450. The Labute approximate surface area is 162 Å². The normalized spacial score (nSPS) is 17.0. The predicted octanol–water partition coefficient (Wildman–Crippen LogP) is 2.66. The van der Waals surface area contributed by atoms with Gasteiger partial charge in [-0.3, -0.25) is 14.2 Å². The first-order chi connectivity index (χ1) is 13.5. The van der Waals surface area contributed by atoms with Gasteiger partial charge in [0.2, 0.25) is 11.8 Å². The van der Waals surface area contributed by atoms with Crippen molar-refractivity contribution >= 4 is 16.8 Å². The second kappa shape index (κ2) is 7.53. The molecule has 0 saturated carbocycles. The summed E-state index contributed by atoms with van der Waals surface area (Å²) in [5.41, 5.74) is 0.531. The zero-order chi connectivity index (χ0) is 19.7. The van der Waals surface area contributed by atoms with Crippen LogP contribution in [0.2, 0.25) is 0 Å². The number of benzene rings is 1. The summed E-state index contributed by atoms with van der Waals surface area (Å²) < 4.78 is 6.80. The molecule has 1 fully saturated rings. The number of hydrogen-bond donors (Lipinski definition) is 0. The Bertz CT molecular complexity index is 1060. The Morgan fingerprint density at radius 2 is 2.14 bits per heavy atom. The number of amides is 1. The molecule has 1 aliphatic rings. The van der Waals surface area contributed by atoms with Gasteiger partial charge in [-0.1, -0.05) is 31.1 Å². The molecule has 1 unspecified atom stereocenters. The molecule has 28 heavy (non-hydrogen) atoms. The van der Waals surface area contributed by atoms with E-state index in [1.54, 1.807) is 17.0 Å². The number of para-hydroxylation sites is 1. The fourth-order valence-corrected chi connectivity index (χ4v) is 3.58. The van der Waals surface area contributed by atoms with Crippen molar-refractivity contribution in [1.29, 1.82) is 0 Å². The van der Waals surface area contributed by atoms with Crippen LogP contribution < -0.4 is 5.56 Å². The maximum absolute atomic E-state index is 12.8. The molecule has 1 aromatic carbocycles. The van der Waals surface area contributed by atoms with E-state index < -0.39 is 0 Å². The highest BCUT2D eigenvalue weighted by Gasteiger charge is 2.33. The van der Waals surface area contributed by atoms with E-state index in [2.05, 4.69) is 15.1 Å². The van der Waals surface area contributed by atoms with E-state index in [0.29, 0.717) is 35.7 Å². The molecule has 8 heteroatoms. The molecule has 0 N–H and O–H groups in total. The van der Waals surface area contributed by atoms with E-state index in [4.69, 9.17) is 4.52 Å². The maximum atomic E-state index is 12.8. The number of fused-ring (bicyclic) bond motifs is 1. The number of nitrogens with zero attached hydrogens (tertiary/aromatic N) is 5. The quantitative estimate of drug-likeness (QED) is 0.674. The van der Waals surface area contributed by atoms with Crippen molar-refractivity contribution in [3.05, 3.63) is 52.7 Å². The Balaban J connectivity index is 1.47. The van der Waals surface area contributed by atoms with Crippen LogP contribution in [0, 0.1) is 0 Å². The monoisotopic (exact) mass is 381 g/mol. The van der Waals surface area contributed by atoms with Crippen molar-refractivity contribution in [2.75, 3.05) is 6.54 Å². The summed E-state index contributed by atoms with van der Waals surface area (Å²) in [6.45, 7) is 4.94. The van der Waals surface area contributed by atoms with Crippen LogP contribution in [0.1, 0.15) is 56.8 Å². The zero-order valence-corrected chi connectivity index (χ0v) is 16.0. The molecule has 146 valence electrons. The molecule has 1 atom stereocenters. The molecule has 3 heterocycles. The molecule has 0 bridgehead atoms. The predicted molar refractivity (Wildman–Crippen MR) is 103 cm³/mol. The standard InChI is InChI=1S/C20H23N5O3/c1-13(2)19-22-18(23-28-19)16-8-5-10-25(16)17(26)9-11-24-12-21-15-7-4-3-6-14(15)20(24)27/h3-4,6-7,12-13,16H,5,8-11H2,1-2H3. The largest absolute Gasteiger partial charge is 0.339 e. The smallest absolute Gasteiger partial charge is 0.261 e. The van der Waals surface area contributed by atoms with Crippen LogP contribution in [0.15, 0.2) is 39.9 Å². The van der Waals surface area contributed by atoms with Gasteiger partial charge in [0, 0.05) is 25.4 Å². The van der Waals surface area contributed by atoms with Gasteiger partial charge < -0.3 is 9.42 Å². The van der Waals surface area contributed by atoms with Crippen molar-refractivity contribution in [1.82, 2.24) is 24.6 Å². The van der Waals surface area contributed by atoms with Gasteiger partial charge in [-0.25, -0.2) is 4.98 Å². The Morgan fingerprint density at radius 3 is 2.93 bits per heavy atom. The topological polar surface area (TPSA) is 94.1 Å². The van der Waals surface area contributed by atoms with Crippen LogP contribution in [-0.4, -0.2) is 37.0 Å². The van der Waals surface area contributed by atoms with Crippen LogP contribution in [0.25, 0.3) is 10.9 Å². The van der Waals surface area contributed by atoms with Gasteiger partial charge >= 0.3 is 0 Å². The number of carbonyl (C=O) groups is 1. The summed E-state index contributed by atoms with van der Waals surface area (Å²) in [5, 5.41) is 4.63. The van der Waals surface area contributed by atoms with Crippen molar-refractivity contribution in [3.8, 4) is 0 Å². The summed E-state index contributed by atoms with van der Waals surface area (Å²) in [7, 11) is 0. The average Bonchev–Trinajstić information content (AvgIpc) is 3.36. The van der Waals surface area contributed by atoms with Gasteiger partial charge in [-0.15, -0.1) is 0 Å². The number of aromatic nitrogens is 4. The number of rotatable bonds is 5. The summed E-state index contributed by atoms with van der Waals surface area (Å²) in [6, 6.07) is 7.06. The number of hydrogen-bond acceptors (Lipinski definition) is 6. The second-order valence-corrected chi connectivity index (χ2v) is 7.40. The van der Waals surface area contributed by atoms with Crippen LogP contribution >= 0.6 is 0 Å². The molecule has 0 radical (unpaired) electrons. The molecule has 1 amide bonds. The molecule has 1 aliphatic heterocycles. The Morgan fingerprint density at radius 1 is 1.32 bits per heavy atom. The minimum absolute atomic E-state index is 0.0153. The lowest BCUT2D eigenvalue weighted by atomic mass is 10.2. The highest BCUT2D eigenvalue weighted by atomic mass is 16.5. The lowest BCUT2D eigenvalue weighted by Crippen LogP contribution is -2.32. The first-order valence-corrected chi connectivity index (χ1v) is 9.61. The SMILES string of the molecule is CC(C)c1nc(C2CCCN2C(=O)CCn2cnc3ccccc3c2=O)no1. The van der Waals surface area contributed by atoms with Gasteiger partial charge in [-0.05, 0) is 25.0 Å². The van der Waals surface area contributed by atoms with Gasteiger partial charge in [0.25, 0.3) is 5.56 Å². The lowest BCUT2D eigenvalue weighted by Gasteiger charge is -2.22. The molecular weight excluding hydrogens is 358 g/mol. The second-order valence-electron chi connectivity index (χ2n) is 7.40. The van der Waals surface area contributed by atoms with E-state index >= 15 is 0 Å². The highest BCUT2D eigenvalue weighted by Crippen LogP contribution is 2.31. The van der Waals surface area contributed by atoms with E-state index in [-0.39, 0.29) is 29.8 Å². The molecule has 4 rings (SSSR count). The molecular formula is C20H23N5O3. The number of aryl methyl sites for hydroxylation is 1. The third-order valence-electron chi connectivity index (χ3n) is 5.12. The summed E-state index contributed by atoms with van der Waals surface area (Å²) in [6.07, 6.45) is 3.46. The summed E-state index contributed by atoms with van der Waals surface area (Å²) in [4.78, 5) is 36.0. The maximum Gasteiger partial charge on any atom is 0.261 e. The Hall–Kier alpha value is -3.03. The van der Waals surface area contributed by atoms with Crippen molar-refractivity contribution in [3.63, 3.8) is 0 Å². The van der Waals surface area contributed by atoms with Gasteiger partial charge in [-0.2, -0.15) is 4.98 Å². The summed E-state index contributed by atoms with van der Waals surface area (Å²) >= 11 is 0. The molecule has 0 aliphatic carbocycles. The Kier molecular flexibility index (Phi) is 4.93. The fourth-order valence-electron chi connectivity index (χ4n) is 3.58. The molecule has 8 nitrogen and oxygen atoms in total. The number of carbonyl (C=O) groups excluding carboxylic acids is 1. The minimum Gasteiger partial charge on any atom is -0.339 e. The van der Waals surface area contributed by atoms with Crippen molar-refractivity contribution < 1.29 is 9.32 Å². The van der Waals surface area contributed by atoms with Crippen molar-refractivity contribution in [2.24, 2.45) is 0 Å². The molecule has 1 saturated heterocycles. The first-order valence-electron chi connectivity index (χ1n) is 9.61. The average molecular weight is 381 g/mol. The van der Waals surface area contributed by atoms with E-state index in [1.165, 1.54) is 10.9 Å². The first kappa shape index (κ1) is 18.3. The van der Waals surface area contributed by atoms with Crippen LogP contribution in [-0.2, 0) is 11.3 Å². The van der Waals surface area contributed by atoms with Crippen LogP contribution in [0.5, 0.6) is 0 Å². The van der Waals surface area contributed by atoms with E-state index in [0.717, 1.165) is 12.8 Å². The van der Waals surface area contributed by atoms with Crippen LogP contribution in [0.3, 0.4) is 0 Å². The minimum atomic E-state index is -0.157.